The van der Waals surface area contributed by atoms with Gasteiger partial charge in [0.05, 0.1) is 34.9 Å². The molecule has 0 aliphatic carbocycles. The van der Waals surface area contributed by atoms with Crippen molar-refractivity contribution in [3.05, 3.63) is 289 Å². The molecule has 14 aromatic rings. The number of imidazole rings is 3. The van der Waals surface area contributed by atoms with Crippen LogP contribution in [0.25, 0.3) is 60.0 Å². The molecule has 2 atom stereocenters. The standard InChI is InChI=1S/C16H14N2O2.2C13H16N4O.C13H14N2.C13H12N2.C11H9NO2.C8H5BrN2O.C6H9NO.C5H12N2/c1-2-18-10-8-13(16(18)20)15(19)14-12-6-4-3-5-11(12)7-9-17-14;2*1-15-5-7-16(8-6-15)13-4-2-3-12-14-11(10-18)9-17(12)13;2*1-2-5-11-10(4-1)7-9-15-13(11)12-6-3-8-14-12;1-14-11(13)10-9-5-3-2-4-8(9)6-7-12-10;9-7-2-1-3-8-10-6(5-12)4-11(7)8;1-2-7-5-3-4-6(7)8;1-7-4-2-6-3-5-7/h2-7,9,13H,1,8,10H2;2*2-4,9-10H,5-8H2,1H3;1-2,4-5,7,9,12,14H,3,6,8H2;1-2,4-5,7,9H,3,6,8H2;2-7H,1H3;1-5H;2H,1,3-5H2;6H,2-5H2,1H3. The first kappa shape index (κ1) is 91.4. The summed E-state index contributed by atoms with van der Waals surface area (Å²) in [5.74, 6) is 1.02. The number of nitrogens with zero attached hydrogens (tertiary/aromatic N) is 18. The summed E-state index contributed by atoms with van der Waals surface area (Å²) < 4.78 is 11.3. The fourth-order valence-electron chi connectivity index (χ4n) is 15.8. The van der Waals surface area contributed by atoms with Crippen LogP contribution in [0.2, 0.25) is 0 Å². The molecule has 2 N–H and O–H groups in total. The number of hydrogen-bond donors (Lipinski definition) is 2. The third kappa shape index (κ3) is 23.6. The van der Waals surface area contributed by atoms with Crippen LogP contribution in [0.4, 0.5) is 11.6 Å². The lowest BCUT2D eigenvalue weighted by Crippen LogP contribution is -2.45. The summed E-state index contributed by atoms with van der Waals surface area (Å²) >= 11 is 3.35. The van der Waals surface area contributed by atoms with Gasteiger partial charge in [0.1, 0.15) is 57.3 Å². The van der Waals surface area contributed by atoms with Crippen LogP contribution in [0.5, 0.6) is 0 Å². The monoisotopic (exact) mass is 1770 g/mol. The molecular formula is C98H107BrN20O8. The molecule has 0 spiro atoms. The molecular weight excluding hydrogens is 1670 g/mol. The number of aldehydes is 3. The van der Waals surface area contributed by atoms with Gasteiger partial charge in [-0.05, 0) is 177 Å². The summed E-state index contributed by atoms with van der Waals surface area (Å²) in [6.45, 7) is 23.6. The number of pyridine rings is 7. The molecule has 2 unspecified atom stereocenters. The highest BCUT2D eigenvalue weighted by molar-refractivity contribution is 9.10. The van der Waals surface area contributed by atoms with E-state index >= 15 is 0 Å². The summed E-state index contributed by atoms with van der Waals surface area (Å²) in [5.41, 5.74) is 8.05. The number of likely N-dealkylation sites (N-methyl/N-ethyl adjacent to an activating group) is 3. The number of benzene rings is 4. The Kier molecular flexibility index (Phi) is 32.8. The molecule has 2 amide bonds. The fraction of sp³-hybridized carbons (Fsp3) is 0.296. The van der Waals surface area contributed by atoms with Crippen LogP contribution in [0.3, 0.4) is 0 Å². The smallest absolute Gasteiger partial charge is 0.357 e. The number of anilines is 2. The third-order valence-electron chi connectivity index (χ3n) is 22.8. The fourth-order valence-corrected chi connectivity index (χ4v) is 16.3. The van der Waals surface area contributed by atoms with Crippen LogP contribution in [0.1, 0.15) is 115 Å². The molecule has 7 aliphatic heterocycles. The quantitative estimate of drug-likeness (QED) is 0.0378. The predicted octanol–water partition coefficient (Wildman–Crippen LogP) is 13.9. The molecule has 17 heterocycles. The zero-order valence-corrected chi connectivity index (χ0v) is 73.8. The first-order valence-corrected chi connectivity index (χ1v) is 43.7. The highest BCUT2D eigenvalue weighted by Crippen LogP contribution is 2.30. The minimum absolute atomic E-state index is 0.181. The van der Waals surface area contributed by atoms with Crippen molar-refractivity contribution < 1.29 is 38.3 Å². The van der Waals surface area contributed by atoms with E-state index in [0.29, 0.717) is 53.9 Å². The minimum atomic E-state index is -0.633. The largest absolute Gasteiger partial charge is 0.464 e. The Labute approximate surface area is 746 Å². The number of nitrogens with one attached hydrogen (secondary N) is 2. The summed E-state index contributed by atoms with van der Waals surface area (Å²) in [6.07, 6.45) is 24.6. The number of rotatable bonds is 12. The van der Waals surface area contributed by atoms with E-state index in [1.54, 1.807) is 42.1 Å². The number of carbonyl (C=O) groups is 7. The van der Waals surface area contributed by atoms with Gasteiger partial charge in [0.15, 0.2) is 30.3 Å². The molecule has 7 aliphatic rings. The van der Waals surface area contributed by atoms with Gasteiger partial charge in [-0.2, -0.15) is 0 Å². The molecule has 28 nitrogen and oxygen atoms in total. The Balaban J connectivity index is 0.000000124. The lowest BCUT2D eigenvalue weighted by molar-refractivity contribution is -0.127. The van der Waals surface area contributed by atoms with E-state index in [-0.39, 0.29) is 17.6 Å². The number of fused-ring (bicyclic) bond motifs is 7. The molecule has 6 saturated heterocycles. The van der Waals surface area contributed by atoms with Gasteiger partial charge in [0.25, 0.3) is 0 Å². The highest BCUT2D eigenvalue weighted by atomic mass is 79.9. The number of methoxy groups -OCH3 is 1. The number of likely N-dealkylation sites (tertiary alicyclic amines) is 2. The van der Waals surface area contributed by atoms with Crippen molar-refractivity contribution >= 4 is 136 Å². The van der Waals surface area contributed by atoms with E-state index < -0.39 is 11.9 Å². The summed E-state index contributed by atoms with van der Waals surface area (Å²) in [6, 6.07) is 57.9. The number of ether oxygens (including phenoxy) is 1. The molecule has 127 heavy (non-hydrogen) atoms. The zero-order chi connectivity index (χ0) is 89.0. The normalized spacial score (nSPS) is 16.8. The van der Waals surface area contributed by atoms with Crippen molar-refractivity contribution in [2.45, 2.75) is 51.0 Å². The number of amides is 2. The SMILES string of the molecule is C=CN1CCC(C(=O)c2nccc3ccccc23)C1=O.C=CN1CCCC1=O.CN1CCN(c2cccc3nc(C=O)cn23)CC1.CN1CCN(c2cccc3nc(C=O)cn23)CC1.CN1CCNCC1.COC(=O)c1nccc2ccccc12.O=Cc1cn2c(Br)cccc2n1.c1ccc2c(C3=NCCC3)nccc2c1.c1ccc2c(C3CCCN3)nccc2c1. The Hall–Kier alpha value is -13.3. The number of hydrogen-bond acceptors (Lipinski definition) is 23. The predicted molar refractivity (Wildman–Crippen MR) is 504 cm³/mol. The molecule has 4 aromatic carbocycles. The average molecular weight is 1770 g/mol. The van der Waals surface area contributed by atoms with E-state index in [0.717, 1.165) is 177 Å². The van der Waals surface area contributed by atoms with E-state index in [4.69, 9.17) is 0 Å². The van der Waals surface area contributed by atoms with Crippen LogP contribution in [-0.2, 0) is 14.3 Å². The van der Waals surface area contributed by atoms with Gasteiger partial charge in [-0.3, -0.25) is 61.9 Å². The van der Waals surface area contributed by atoms with E-state index in [2.05, 4.69) is 197 Å². The molecule has 29 heteroatoms. The third-order valence-corrected chi connectivity index (χ3v) is 23.4. The van der Waals surface area contributed by atoms with Crippen molar-refractivity contribution in [2.24, 2.45) is 10.9 Å². The summed E-state index contributed by atoms with van der Waals surface area (Å²) in [7, 11) is 7.78. The maximum absolute atomic E-state index is 12.6. The number of carbonyl (C=O) groups excluding carboxylic acids is 7. The van der Waals surface area contributed by atoms with Crippen molar-refractivity contribution in [1.82, 2.24) is 83.2 Å². The lowest BCUT2D eigenvalue weighted by Gasteiger charge is -2.34. The number of aromatic nitrogens is 10. The number of piperazine rings is 3. The van der Waals surface area contributed by atoms with Crippen LogP contribution >= 0.6 is 15.9 Å². The molecule has 0 saturated carbocycles. The zero-order valence-electron chi connectivity index (χ0n) is 72.2. The number of esters is 1. The molecule has 10 aromatic heterocycles. The van der Waals surface area contributed by atoms with Gasteiger partial charge >= 0.3 is 5.97 Å². The maximum atomic E-state index is 12.6. The van der Waals surface area contributed by atoms with Gasteiger partial charge in [0.2, 0.25) is 11.8 Å². The average Bonchev–Trinajstić information content (AvgIpc) is 1.26. The van der Waals surface area contributed by atoms with Crippen LogP contribution in [0, 0.1) is 5.92 Å². The van der Waals surface area contributed by atoms with Gasteiger partial charge in [-0.15, -0.1) is 0 Å². The van der Waals surface area contributed by atoms with Crippen LogP contribution in [-0.4, -0.2) is 254 Å². The van der Waals surface area contributed by atoms with E-state index in [1.807, 2.05) is 135 Å². The molecule has 0 bridgehead atoms. The minimum Gasteiger partial charge on any atom is -0.464 e. The van der Waals surface area contributed by atoms with Crippen molar-refractivity contribution in [3.63, 3.8) is 0 Å². The van der Waals surface area contributed by atoms with E-state index in [1.165, 1.54) is 83.5 Å². The second kappa shape index (κ2) is 45.6. The second-order valence-corrected chi connectivity index (χ2v) is 32.0. The molecule has 0 radical (unpaired) electrons. The summed E-state index contributed by atoms with van der Waals surface area (Å²) in [5, 5.41) is 15.4. The summed E-state index contributed by atoms with van der Waals surface area (Å²) in [4.78, 5) is 128. The van der Waals surface area contributed by atoms with E-state index in [9.17, 15) is 33.6 Å². The van der Waals surface area contributed by atoms with Crippen LogP contribution < -0.4 is 20.4 Å². The first-order chi connectivity index (χ1) is 62.0. The molecule has 654 valence electrons. The Morgan fingerprint density at radius 2 is 0.937 bits per heavy atom. The van der Waals surface area contributed by atoms with Crippen molar-refractivity contribution in [2.75, 3.05) is 143 Å². The highest BCUT2D eigenvalue weighted by Gasteiger charge is 2.37. The van der Waals surface area contributed by atoms with Gasteiger partial charge < -0.3 is 49.7 Å². The number of ketones is 1. The van der Waals surface area contributed by atoms with Gasteiger partial charge in [-0.25, -0.2) is 24.7 Å². The Bertz CT molecular complexity index is 6060. The number of Topliss-reactive ketones (excluding diaryl/α,β-unsaturated/α-hetero) is 1. The van der Waals surface area contributed by atoms with Gasteiger partial charge in [-0.1, -0.05) is 128 Å². The van der Waals surface area contributed by atoms with Crippen molar-refractivity contribution in [1.29, 1.82) is 0 Å². The Morgan fingerprint density at radius 1 is 0.465 bits per heavy atom. The first-order valence-electron chi connectivity index (χ1n) is 42.9. The number of halogens is 1. The second-order valence-electron chi connectivity index (χ2n) is 31.2. The van der Waals surface area contributed by atoms with Gasteiger partial charge in [0, 0.05) is 170 Å². The van der Waals surface area contributed by atoms with Crippen molar-refractivity contribution in [3.8, 4) is 0 Å². The number of aliphatic imine (C=N–C) groups is 1. The topological polar surface area (TPSA) is 291 Å². The maximum Gasteiger partial charge on any atom is 0.357 e. The lowest BCUT2D eigenvalue weighted by atomic mass is 9.96. The molecule has 6 fully saturated rings. The molecule has 21 rings (SSSR count). The Morgan fingerprint density at radius 3 is 1.40 bits per heavy atom. The van der Waals surface area contributed by atoms with Crippen LogP contribution in [0.15, 0.2) is 254 Å².